The Kier molecular flexibility index (Phi) is 6.26. The Morgan fingerprint density at radius 1 is 1.00 bits per heavy atom. The second kappa shape index (κ2) is 8.85. The van der Waals surface area contributed by atoms with Crippen LogP contribution in [0.1, 0.15) is 33.5 Å². The fraction of sp³-hybridized carbons (Fsp3) is 0.217. The molecule has 2 aromatic carbocycles. The van der Waals surface area contributed by atoms with Gasteiger partial charge in [-0.3, -0.25) is 5.43 Å². The van der Waals surface area contributed by atoms with Crippen LogP contribution in [0.4, 0.5) is 5.69 Å². The molecule has 0 atom stereocenters. The van der Waals surface area contributed by atoms with E-state index in [1.165, 1.54) is 22.3 Å². The number of nitrogens with zero attached hydrogens (tertiary/aromatic N) is 2. The summed E-state index contributed by atoms with van der Waals surface area (Å²) in [6.07, 6.45) is 3.86. The molecule has 3 rings (SSSR count). The second-order valence-electron chi connectivity index (χ2n) is 7.13. The van der Waals surface area contributed by atoms with Crippen molar-refractivity contribution in [2.45, 2.75) is 34.2 Å². The van der Waals surface area contributed by atoms with Crippen LogP contribution in [-0.2, 0) is 6.54 Å². The van der Waals surface area contributed by atoms with Crippen LogP contribution in [0.15, 0.2) is 59.8 Å². The predicted molar refractivity (Wildman–Crippen MR) is 122 cm³/mol. The third-order valence-corrected chi connectivity index (χ3v) is 4.90. The molecule has 0 amide bonds. The summed E-state index contributed by atoms with van der Waals surface area (Å²) in [6, 6.07) is 16.8. The Hall–Kier alpha value is -2.92. The van der Waals surface area contributed by atoms with Crippen LogP contribution in [0.3, 0.4) is 0 Å². The van der Waals surface area contributed by atoms with Crippen LogP contribution >= 0.6 is 12.2 Å². The molecule has 3 aromatic rings. The molecule has 1 aromatic heterocycles. The molecule has 2 N–H and O–H groups in total. The monoisotopic (exact) mass is 390 g/mol. The van der Waals surface area contributed by atoms with Gasteiger partial charge in [0.2, 0.25) is 0 Å². The van der Waals surface area contributed by atoms with Gasteiger partial charge in [0.15, 0.2) is 5.11 Å². The molecule has 0 unspecified atom stereocenters. The molecule has 0 aliphatic carbocycles. The van der Waals surface area contributed by atoms with Gasteiger partial charge in [0, 0.05) is 18.4 Å². The van der Waals surface area contributed by atoms with Crippen molar-refractivity contribution in [2.75, 3.05) is 5.32 Å². The fourth-order valence-electron chi connectivity index (χ4n) is 3.10. The van der Waals surface area contributed by atoms with Gasteiger partial charge in [0.05, 0.1) is 11.9 Å². The summed E-state index contributed by atoms with van der Waals surface area (Å²) >= 11 is 5.35. The van der Waals surface area contributed by atoms with E-state index < -0.39 is 0 Å². The summed E-state index contributed by atoms with van der Waals surface area (Å²) in [4.78, 5) is 0. The molecule has 0 aliphatic heterocycles. The molecule has 0 radical (unpaired) electrons. The van der Waals surface area contributed by atoms with Gasteiger partial charge in [0.1, 0.15) is 0 Å². The van der Waals surface area contributed by atoms with Gasteiger partial charge in [0.25, 0.3) is 0 Å². The van der Waals surface area contributed by atoms with Gasteiger partial charge < -0.3 is 9.88 Å². The van der Waals surface area contributed by atoms with Crippen molar-refractivity contribution in [3.05, 3.63) is 88.2 Å². The van der Waals surface area contributed by atoms with Gasteiger partial charge in [-0.25, -0.2) is 0 Å². The van der Waals surface area contributed by atoms with Crippen molar-refractivity contribution < 1.29 is 0 Å². The Morgan fingerprint density at radius 2 is 1.75 bits per heavy atom. The second-order valence-corrected chi connectivity index (χ2v) is 7.54. The lowest BCUT2D eigenvalue weighted by Crippen LogP contribution is -2.24. The molecular formula is C23H26N4S. The molecule has 5 heteroatoms. The number of benzene rings is 2. The smallest absolute Gasteiger partial charge is 0.191 e. The van der Waals surface area contributed by atoms with Gasteiger partial charge in [-0.15, -0.1) is 0 Å². The highest BCUT2D eigenvalue weighted by molar-refractivity contribution is 7.80. The van der Waals surface area contributed by atoms with E-state index in [0.717, 1.165) is 23.5 Å². The van der Waals surface area contributed by atoms with E-state index in [4.69, 9.17) is 12.2 Å². The zero-order valence-corrected chi connectivity index (χ0v) is 17.6. The molecule has 144 valence electrons. The van der Waals surface area contributed by atoms with Crippen LogP contribution in [0, 0.1) is 27.7 Å². The van der Waals surface area contributed by atoms with Crippen molar-refractivity contribution in [3.63, 3.8) is 0 Å². The maximum Gasteiger partial charge on any atom is 0.191 e. The summed E-state index contributed by atoms with van der Waals surface area (Å²) in [5.41, 5.74) is 11.1. The first-order valence-corrected chi connectivity index (χ1v) is 9.72. The van der Waals surface area contributed by atoms with E-state index >= 15 is 0 Å². The number of hydrogen-bond acceptors (Lipinski definition) is 2. The first kappa shape index (κ1) is 19.8. The number of thiocarbonyl (C=S) groups is 1. The van der Waals surface area contributed by atoms with Gasteiger partial charge in [-0.05, 0) is 74.8 Å². The van der Waals surface area contributed by atoms with Crippen molar-refractivity contribution in [3.8, 4) is 0 Å². The van der Waals surface area contributed by atoms with E-state index in [2.05, 4.69) is 84.6 Å². The van der Waals surface area contributed by atoms with Crippen LogP contribution in [0.25, 0.3) is 0 Å². The summed E-state index contributed by atoms with van der Waals surface area (Å²) in [7, 11) is 0. The zero-order chi connectivity index (χ0) is 20.1. The van der Waals surface area contributed by atoms with Crippen LogP contribution in [-0.4, -0.2) is 15.9 Å². The number of nitrogens with one attached hydrogen (secondary N) is 2. The lowest BCUT2D eigenvalue weighted by atomic mass is 10.1. The molecule has 0 saturated carbocycles. The Balaban J connectivity index is 1.63. The molecule has 0 spiro atoms. The molecule has 0 bridgehead atoms. The van der Waals surface area contributed by atoms with Crippen molar-refractivity contribution in [1.82, 2.24) is 9.99 Å². The predicted octanol–water partition coefficient (Wildman–Crippen LogP) is 5.09. The first-order chi connectivity index (χ1) is 13.4. The number of aryl methyl sites for hydroxylation is 4. The number of hydrogen-bond donors (Lipinski definition) is 2. The number of anilines is 1. The lowest BCUT2D eigenvalue weighted by Gasteiger charge is -2.11. The molecular weight excluding hydrogens is 364 g/mol. The SMILES string of the molecule is Cc1ccc(NC(=S)N/N=C\c2cccn2Cc2cc(C)ccc2C)c(C)c1. The van der Waals surface area contributed by atoms with Crippen LogP contribution < -0.4 is 10.7 Å². The minimum absolute atomic E-state index is 0.468. The van der Waals surface area contributed by atoms with Crippen molar-refractivity contribution in [2.24, 2.45) is 5.10 Å². The molecule has 0 fully saturated rings. The van der Waals surface area contributed by atoms with E-state index in [-0.39, 0.29) is 0 Å². The van der Waals surface area contributed by atoms with Crippen LogP contribution in [0.5, 0.6) is 0 Å². The maximum atomic E-state index is 5.35. The third-order valence-electron chi connectivity index (χ3n) is 4.70. The topological polar surface area (TPSA) is 41.4 Å². The highest BCUT2D eigenvalue weighted by atomic mass is 32.1. The number of rotatable bonds is 5. The van der Waals surface area contributed by atoms with Crippen molar-refractivity contribution >= 4 is 29.2 Å². The third kappa shape index (κ3) is 5.08. The minimum Gasteiger partial charge on any atom is -0.342 e. The first-order valence-electron chi connectivity index (χ1n) is 9.31. The largest absolute Gasteiger partial charge is 0.342 e. The standard InChI is InChI=1S/C23H26N4S/c1-16-8-10-22(19(4)12-16)25-23(28)26-24-14-21-6-5-11-27(21)15-20-13-17(2)7-9-18(20)3/h5-14H,15H2,1-4H3,(H2,25,26,28)/b24-14-. The van der Waals surface area contributed by atoms with E-state index in [0.29, 0.717) is 5.11 Å². The lowest BCUT2D eigenvalue weighted by molar-refractivity contribution is 0.793. The molecule has 4 nitrogen and oxygen atoms in total. The Morgan fingerprint density at radius 3 is 2.54 bits per heavy atom. The minimum atomic E-state index is 0.468. The normalized spacial score (nSPS) is 11.0. The molecule has 28 heavy (non-hydrogen) atoms. The summed E-state index contributed by atoms with van der Waals surface area (Å²) in [6.45, 7) is 9.21. The van der Waals surface area contributed by atoms with E-state index in [1.807, 2.05) is 18.2 Å². The highest BCUT2D eigenvalue weighted by Crippen LogP contribution is 2.16. The summed E-state index contributed by atoms with van der Waals surface area (Å²) in [5.74, 6) is 0. The zero-order valence-electron chi connectivity index (χ0n) is 16.8. The Bertz CT molecular complexity index is 1020. The van der Waals surface area contributed by atoms with E-state index in [1.54, 1.807) is 6.21 Å². The summed E-state index contributed by atoms with van der Waals surface area (Å²) < 4.78 is 2.17. The quantitative estimate of drug-likeness (QED) is 0.362. The molecule has 0 saturated heterocycles. The average Bonchev–Trinajstić information content (AvgIpc) is 3.08. The van der Waals surface area contributed by atoms with Gasteiger partial charge in [-0.2, -0.15) is 5.10 Å². The van der Waals surface area contributed by atoms with Gasteiger partial charge in [-0.1, -0.05) is 41.5 Å². The fourth-order valence-corrected chi connectivity index (χ4v) is 3.27. The number of aromatic nitrogens is 1. The molecule has 1 heterocycles. The van der Waals surface area contributed by atoms with Crippen molar-refractivity contribution in [1.29, 1.82) is 0 Å². The average molecular weight is 391 g/mol. The molecule has 0 aliphatic rings. The van der Waals surface area contributed by atoms with Gasteiger partial charge >= 0.3 is 0 Å². The Labute approximate surface area is 172 Å². The highest BCUT2D eigenvalue weighted by Gasteiger charge is 2.04. The van der Waals surface area contributed by atoms with Crippen LogP contribution in [0.2, 0.25) is 0 Å². The maximum absolute atomic E-state index is 5.35. The summed E-state index contributed by atoms with van der Waals surface area (Å²) in [5, 5.41) is 7.95. The van der Waals surface area contributed by atoms with E-state index in [9.17, 15) is 0 Å². The number of hydrazone groups is 1.